The molecule has 4 rings (SSSR count). The number of rotatable bonds is 2. The fraction of sp³-hybridized carbons (Fsp3) is 0.0588. The first-order valence-corrected chi connectivity index (χ1v) is 7.34. The quantitative estimate of drug-likeness (QED) is 0.556. The van der Waals surface area contributed by atoms with Crippen molar-refractivity contribution in [3.8, 4) is 11.1 Å². The van der Waals surface area contributed by atoms with Crippen molar-refractivity contribution in [3.05, 3.63) is 48.9 Å². The summed E-state index contributed by atoms with van der Waals surface area (Å²) in [6, 6.07) is 11.6. The molecule has 2 aromatic carbocycles. The Labute approximate surface area is 132 Å². The lowest BCUT2D eigenvalue weighted by molar-refractivity contribution is 0.594. The molecule has 0 unspecified atom stereocenters. The van der Waals surface area contributed by atoms with Crippen LogP contribution in [0.3, 0.4) is 0 Å². The Morgan fingerprint density at radius 2 is 2.04 bits per heavy atom. The van der Waals surface area contributed by atoms with Gasteiger partial charge < -0.3 is 15.2 Å². The maximum Gasteiger partial charge on any atom is 0.320 e. The summed E-state index contributed by atoms with van der Waals surface area (Å²) in [4.78, 5) is 0. The molecule has 5 nitrogen and oxygen atoms in total. The van der Waals surface area contributed by atoms with Crippen LogP contribution in [0, 0.1) is 0 Å². The van der Waals surface area contributed by atoms with Gasteiger partial charge in [0.15, 0.2) is 0 Å². The molecular formula is C17H14BN3O2. The molecule has 23 heavy (non-hydrogen) atoms. The van der Waals surface area contributed by atoms with E-state index in [4.69, 9.17) is 10.2 Å². The number of nitrogen functional groups attached to an aromatic ring is 1. The van der Waals surface area contributed by atoms with E-state index in [1.54, 1.807) is 19.3 Å². The van der Waals surface area contributed by atoms with E-state index in [2.05, 4.69) is 10.2 Å². The van der Waals surface area contributed by atoms with Crippen LogP contribution in [0.2, 0.25) is 6.82 Å². The molecule has 4 aromatic rings. The zero-order valence-corrected chi connectivity index (χ0v) is 12.5. The van der Waals surface area contributed by atoms with Crippen LogP contribution in [0.1, 0.15) is 0 Å². The normalized spacial score (nSPS) is 11.2. The lowest BCUT2D eigenvalue weighted by Gasteiger charge is -2.09. The van der Waals surface area contributed by atoms with E-state index in [1.165, 1.54) is 0 Å². The number of hydrogen-bond donors (Lipinski definition) is 2. The molecule has 3 N–H and O–H groups in total. The summed E-state index contributed by atoms with van der Waals surface area (Å²) in [6.07, 6.45) is 3.19. The highest BCUT2D eigenvalue weighted by atomic mass is 16.3. The van der Waals surface area contributed by atoms with E-state index < -0.39 is 6.92 Å². The van der Waals surface area contributed by atoms with Gasteiger partial charge in [0.25, 0.3) is 0 Å². The van der Waals surface area contributed by atoms with Gasteiger partial charge in [-0.3, -0.25) is 0 Å². The average molecular weight is 303 g/mol. The topological polar surface area (TPSA) is 85.2 Å². The van der Waals surface area contributed by atoms with Gasteiger partial charge in [-0.05, 0) is 29.2 Å². The summed E-state index contributed by atoms with van der Waals surface area (Å²) in [7, 11) is 0. The van der Waals surface area contributed by atoms with Gasteiger partial charge in [0, 0.05) is 16.3 Å². The second-order valence-corrected chi connectivity index (χ2v) is 5.62. The molecule has 0 fully saturated rings. The Morgan fingerprint density at radius 1 is 1.17 bits per heavy atom. The summed E-state index contributed by atoms with van der Waals surface area (Å²) < 4.78 is 5.63. The summed E-state index contributed by atoms with van der Waals surface area (Å²) in [5.74, 6) is 0. The summed E-state index contributed by atoms with van der Waals surface area (Å²) in [6.45, 7) is 1.20. The highest BCUT2D eigenvalue weighted by Crippen LogP contribution is 2.31. The molecule has 0 atom stereocenters. The van der Waals surface area contributed by atoms with Crippen LogP contribution in [0.5, 0.6) is 0 Å². The first-order chi connectivity index (χ1) is 11.1. The lowest BCUT2D eigenvalue weighted by Crippen LogP contribution is -2.26. The van der Waals surface area contributed by atoms with Crippen LogP contribution < -0.4 is 11.2 Å². The van der Waals surface area contributed by atoms with Crippen molar-refractivity contribution in [2.24, 2.45) is 0 Å². The molecule has 0 aliphatic carbocycles. The van der Waals surface area contributed by atoms with E-state index in [-0.39, 0.29) is 0 Å². The maximum atomic E-state index is 9.93. The number of fused-ring (bicyclic) bond motifs is 2. The van der Waals surface area contributed by atoms with Crippen molar-refractivity contribution in [1.29, 1.82) is 0 Å². The third kappa shape index (κ3) is 2.24. The lowest BCUT2D eigenvalue weighted by atomic mass is 9.63. The van der Waals surface area contributed by atoms with Gasteiger partial charge in [-0.2, -0.15) is 10.2 Å². The van der Waals surface area contributed by atoms with Crippen molar-refractivity contribution in [2.75, 3.05) is 5.73 Å². The Hall–Kier alpha value is -2.86. The minimum atomic E-state index is -0.552. The fourth-order valence-electron chi connectivity index (χ4n) is 2.81. The van der Waals surface area contributed by atoms with Crippen LogP contribution in [0.25, 0.3) is 33.0 Å². The van der Waals surface area contributed by atoms with E-state index in [0.29, 0.717) is 5.69 Å². The van der Waals surface area contributed by atoms with Gasteiger partial charge in [-0.25, -0.2) is 0 Å². The predicted octanol–water partition coefficient (Wildman–Crippen LogP) is 2.45. The van der Waals surface area contributed by atoms with E-state index >= 15 is 0 Å². The van der Waals surface area contributed by atoms with Crippen LogP contribution in [0.4, 0.5) is 5.69 Å². The molecule has 112 valence electrons. The van der Waals surface area contributed by atoms with Gasteiger partial charge in [-0.1, -0.05) is 25.0 Å². The van der Waals surface area contributed by atoms with E-state index in [9.17, 15) is 5.02 Å². The van der Waals surface area contributed by atoms with Crippen molar-refractivity contribution in [1.82, 2.24) is 10.2 Å². The monoisotopic (exact) mass is 303 g/mol. The van der Waals surface area contributed by atoms with Crippen molar-refractivity contribution < 1.29 is 9.44 Å². The third-order valence-electron chi connectivity index (χ3n) is 4.04. The second-order valence-electron chi connectivity index (χ2n) is 5.62. The Bertz CT molecular complexity index is 1030. The van der Waals surface area contributed by atoms with Gasteiger partial charge >= 0.3 is 6.92 Å². The number of nitrogens with two attached hydrogens (primary N) is 1. The molecule has 6 heteroatoms. The van der Waals surface area contributed by atoms with Gasteiger partial charge in [0.05, 0.1) is 23.7 Å². The van der Waals surface area contributed by atoms with Crippen molar-refractivity contribution >= 4 is 39.9 Å². The molecule has 0 bridgehead atoms. The first kappa shape index (κ1) is 13.8. The molecule has 0 amide bonds. The van der Waals surface area contributed by atoms with E-state index in [0.717, 1.165) is 38.5 Å². The summed E-state index contributed by atoms with van der Waals surface area (Å²) >= 11 is 0. The van der Waals surface area contributed by atoms with Crippen LogP contribution in [-0.2, 0) is 0 Å². The van der Waals surface area contributed by atoms with Crippen molar-refractivity contribution in [3.63, 3.8) is 0 Å². The summed E-state index contributed by atoms with van der Waals surface area (Å²) in [5, 5.41) is 19.8. The minimum Gasteiger partial charge on any atom is -0.464 e. The average Bonchev–Trinajstić information content (AvgIpc) is 3.02. The van der Waals surface area contributed by atoms with Crippen LogP contribution in [-0.4, -0.2) is 22.1 Å². The number of nitrogens with zero attached hydrogens (tertiary/aromatic N) is 2. The predicted molar refractivity (Wildman–Crippen MR) is 92.6 cm³/mol. The number of hydrogen-bond acceptors (Lipinski definition) is 5. The molecule has 0 spiro atoms. The zero-order valence-electron chi connectivity index (χ0n) is 12.5. The standard InChI is InChI=1S/C17H14BN3O2/c1-18(22)12-6-11-4-5-23-17(11)14(8-12)10-2-3-13-15(19)9-20-21-16(13)7-10/h2-9,22H,1H3,(H2,19,21). The highest BCUT2D eigenvalue weighted by Gasteiger charge is 2.15. The maximum absolute atomic E-state index is 9.93. The molecule has 0 radical (unpaired) electrons. The summed E-state index contributed by atoms with van der Waals surface area (Å²) in [5.41, 5.74) is 10.7. The van der Waals surface area contributed by atoms with Crippen LogP contribution >= 0.6 is 0 Å². The number of aromatic nitrogens is 2. The van der Waals surface area contributed by atoms with Crippen molar-refractivity contribution in [2.45, 2.75) is 6.82 Å². The fourth-order valence-corrected chi connectivity index (χ4v) is 2.81. The molecule has 0 aliphatic heterocycles. The molecule has 0 saturated heterocycles. The number of benzene rings is 2. The van der Waals surface area contributed by atoms with Crippen LogP contribution in [0.15, 0.2) is 53.3 Å². The highest BCUT2D eigenvalue weighted by molar-refractivity contribution is 6.65. The Balaban J connectivity index is 1.99. The van der Waals surface area contributed by atoms with E-state index in [1.807, 2.05) is 36.4 Å². The Kier molecular flexibility index (Phi) is 3.06. The second kappa shape index (κ2) is 5.10. The molecule has 0 saturated carbocycles. The SMILES string of the molecule is CB(O)c1cc(-c2ccc3c(N)cnnc3c2)c2occc2c1. The van der Waals surface area contributed by atoms with Gasteiger partial charge in [-0.15, -0.1) is 0 Å². The molecule has 2 aromatic heterocycles. The molecular weight excluding hydrogens is 289 g/mol. The van der Waals surface area contributed by atoms with Gasteiger partial charge in [0.1, 0.15) is 5.58 Å². The number of furan rings is 1. The third-order valence-corrected chi connectivity index (χ3v) is 4.04. The zero-order chi connectivity index (χ0) is 16.0. The Morgan fingerprint density at radius 3 is 2.87 bits per heavy atom. The molecule has 0 aliphatic rings. The largest absolute Gasteiger partial charge is 0.464 e. The minimum absolute atomic E-state index is 0.552. The number of anilines is 1. The van der Waals surface area contributed by atoms with Gasteiger partial charge in [0.2, 0.25) is 0 Å². The molecule has 2 heterocycles. The first-order valence-electron chi connectivity index (χ1n) is 7.34. The smallest absolute Gasteiger partial charge is 0.320 e.